The summed E-state index contributed by atoms with van der Waals surface area (Å²) in [4.78, 5) is 11.4. The van der Waals surface area contributed by atoms with Crippen LogP contribution < -0.4 is 5.32 Å². The molecule has 0 bridgehead atoms. The van der Waals surface area contributed by atoms with Crippen LogP contribution in [0.2, 0.25) is 0 Å². The average Bonchev–Trinajstić information content (AvgIpc) is 2.60. The topological polar surface area (TPSA) is 91.9 Å². The maximum atomic E-state index is 11.7. The minimum absolute atomic E-state index is 0.186. The molecule has 0 aromatic carbocycles. The van der Waals surface area contributed by atoms with E-state index in [0.29, 0.717) is 6.54 Å². The fourth-order valence-corrected chi connectivity index (χ4v) is 2.68. The number of aromatic amines is 1. The van der Waals surface area contributed by atoms with E-state index in [9.17, 15) is 13.2 Å². The number of halogens is 1. The monoisotopic (exact) mass is 279 g/mol. The maximum Gasteiger partial charge on any atom is 0.273 e. The van der Waals surface area contributed by atoms with E-state index in [1.165, 1.54) is 6.92 Å². The molecule has 1 rings (SSSR count). The van der Waals surface area contributed by atoms with E-state index in [-0.39, 0.29) is 16.3 Å². The molecule has 1 heterocycles. The Kier molecular flexibility index (Phi) is 4.53. The zero-order chi connectivity index (χ0) is 13.1. The summed E-state index contributed by atoms with van der Waals surface area (Å²) < 4.78 is 22.6. The lowest BCUT2D eigenvalue weighted by molar-refractivity contribution is 0.0945. The summed E-state index contributed by atoms with van der Waals surface area (Å²) in [6, 6.07) is 0. The molecule has 0 spiro atoms. The van der Waals surface area contributed by atoms with Crippen molar-refractivity contribution in [2.24, 2.45) is 0 Å². The highest BCUT2D eigenvalue weighted by atomic mass is 35.7. The van der Waals surface area contributed by atoms with Crippen LogP contribution in [0.15, 0.2) is 4.90 Å². The number of H-pyrrole nitrogens is 1. The summed E-state index contributed by atoms with van der Waals surface area (Å²) in [6.45, 7) is 3.95. The van der Waals surface area contributed by atoms with Gasteiger partial charge in [0, 0.05) is 17.2 Å². The summed E-state index contributed by atoms with van der Waals surface area (Å²) in [5.74, 6) is -0.540. The van der Waals surface area contributed by atoms with E-state index in [1.807, 2.05) is 6.92 Å². The lowest BCUT2D eigenvalue weighted by Crippen LogP contribution is -2.26. The van der Waals surface area contributed by atoms with Crippen LogP contribution in [0.3, 0.4) is 0 Å². The minimum Gasteiger partial charge on any atom is -0.351 e. The van der Waals surface area contributed by atoms with Crippen LogP contribution in [0.1, 0.15) is 35.9 Å². The molecule has 1 aromatic heterocycles. The van der Waals surface area contributed by atoms with Gasteiger partial charge in [0.25, 0.3) is 15.0 Å². The van der Waals surface area contributed by atoms with Gasteiger partial charge in [-0.15, -0.1) is 0 Å². The minimum atomic E-state index is -3.98. The van der Waals surface area contributed by atoms with Gasteiger partial charge in [0.2, 0.25) is 0 Å². The fourth-order valence-electron chi connectivity index (χ4n) is 1.33. The number of aromatic nitrogens is 2. The molecule has 0 fully saturated rings. The second-order valence-electron chi connectivity index (χ2n) is 3.57. The number of nitrogens with zero attached hydrogens (tertiary/aromatic N) is 1. The van der Waals surface area contributed by atoms with Crippen molar-refractivity contribution < 1.29 is 13.2 Å². The van der Waals surface area contributed by atoms with Crippen molar-refractivity contribution in [2.45, 2.75) is 31.6 Å². The van der Waals surface area contributed by atoms with Crippen molar-refractivity contribution in [1.29, 1.82) is 0 Å². The van der Waals surface area contributed by atoms with Gasteiger partial charge >= 0.3 is 0 Å². The third-order valence-electron chi connectivity index (χ3n) is 2.17. The Morgan fingerprint density at radius 3 is 2.71 bits per heavy atom. The number of unbranched alkanes of at least 4 members (excludes halogenated alkanes) is 1. The lowest BCUT2D eigenvalue weighted by atomic mass is 10.3. The van der Waals surface area contributed by atoms with Gasteiger partial charge in [0.1, 0.15) is 4.90 Å². The molecule has 1 amide bonds. The van der Waals surface area contributed by atoms with Crippen molar-refractivity contribution in [1.82, 2.24) is 15.5 Å². The van der Waals surface area contributed by atoms with Crippen LogP contribution in [-0.4, -0.2) is 31.1 Å². The van der Waals surface area contributed by atoms with Gasteiger partial charge < -0.3 is 5.32 Å². The SMILES string of the molecule is CCCCNC(=O)c1n[nH]c(C)c1S(=O)(=O)Cl. The number of aryl methyl sites for hydroxylation is 1. The average molecular weight is 280 g/mol. The molecular formula is C9H14ClN3O3S. The van der Waals surface area contributed by atoms with E-state index in [0.717, 1.165) is 12.8 Å². The van der Waals surface area contributed by atoms with Gasteiger partial charge in [-0.1, -0.05) is 13.3 Å². The lowest BCUT2D eigenvalue weighted by Gasteiger charge is -2.02. The molecule has 1 aromatic rings. The second kappa shape index (κ2) is 5.50. The Bertz CT molecular complexity index is 510. The van der Waals surface area contributed by atoms with Crippen molar-refractivity contribution in [3.05, 3.63) is 11.4 Å². The Hall–Kier alpha value is -1.08. The summed E-state index contributed by atoms with van der Waals surface area (Å²) in [5, 5.41) is 8.68. The number of nitrogens with one attached hydrogen (secondary N) is 2. The highest BCUT2D eigenvalue weighted by Gasteiger charge is 2.26. The second-order valence-corrected chi connectivity index (χ2v) is 6.08. The molecule has 0 atom stereocenters. The molecule has 0 aliphatic rings. The quantitative estimate of drug-likeness (QED) is 0.625. The van der Waals surface area contributed by atoms with E-state index < -0.39 is 15.0 Å². The Labute approximate surface area is 104 Å². The molecule has 0 radical (unpaired) electrons. The maximum absolute atomic E-state index is 11.7. The molecule has 6 nitrogen and oxygen atoms in total. The summed E-state index contributed by atoms with van der Waals surface area (Å²) in [7, 11) is 1.27. The Morgan fingerprint density at radius 2 is 2.18 bits per heavy atom. The molecule has 2 N–H and O–H groups in total. The summed E-state index contributed by atoms with van der Waals surface area (Å²) >= 11 is 0. The van der Waals surface area contributed by atoms with Crippen LogP contribution in [0, 0.1) is 6.92 Å². The molecule has 0 saturated carbocycles. The molecule has 96 valence electrons. The summed E-state index contributed by atoms with van der Waals surface area (Å²) in [6.07, 6.45) is 1.75. The van der Waals surface area contributed by atoms with Crippen molar-refractivity contribution in [3.63, 3.8) is 0 Å². The van der Waals surface area contributed by atoms with E-state index >= 15 is 0 Å². The molecule has 0 aliphatic carbocycles. The third kappa shape index (κ3) is 3.44. The molecule has 0 unspecified atom stereocenters. The normalized spacial score (nSPS) is 11.5. The number of carbonyl (C=O) groups is 1. The molecular weight excluding hydrogens is 266 g/mol. The Balaban J connectivity index is 2.96. The predicted octanol–water partition coefficient (Wildman–Crippen LogP) is 1.18. The molecule has 8 heteroatoms. The van der Waals surface area contributed by atoms with Gasteiger partial charge in [-0.2, -0.15) is 5.10 Å². The number of hydrogen-bond donors (Lipinski definition) is 2. The number of hydrogen-bond acceptors (Lipinski definition) is 4. The van der Waals surface area contributed by atoms with Crippen LogP contribution in [0.4, 0.5) is 0 Å². The van der Waals surface area contributed by atoms with Gasteiger partial charge in [0.15, 0.2) is 5.69 Å². The van der Waals surface area contributed by atoms with Crippen LogP contribution in [-0.2, 0) is 9.05 Å². The third-order valence-corrected chi connectivity index (χ3v) is 3.62. The first kappa shape index (κ1) is 14.0. The first-order valence-corrected chi connectivity index (χ1v) is 7.46. The molecule has 17 heavy (non-hydrogen) atoms. The zero-order valence-electron chi connectivity index (χ0n) is 9.58. The van der Waals surface area contributed by atoms with Crippen LogP contribution in [0.25, 0.3) is 0 Å². The van der Waals surface area contributed by atoms with Gasteiger partial charge in [-0.05, 0) is 13.3 Å². The summed E-state index contributed by atoms with van der Waals surface area (Å²) in [5.41, 5.74) is 0.0641. The predicted molar refractivity (Wildman–Crippen MR) is 63.6 cm³/mol. The van der Waals surface area contributed by atoms with Crippen molar-refractivity contribution in [2.75, 3.05) is 6.54 Å². The smallest absolute Gasteiger partial charge is 0.273 e. The van der Waals surface area contributed by atoms with Gasteiger partial charge in [0.05, 0.1) is 5.69 Å². The largest absolute Gasteiger partial charge is 0.351 e. The number of amides is 1. The highest BCUT2D eigenvalue weighted by molar-refractivity contribution is 8.13. The fraction of sp³-hybridized carbons (Fsp3) is 0.556. The van der Waals surface area contributed by atoms with Crippen molar-refractivity contribution in [3.8, 4) is 0 Å². The van der Waals surface area contributed by atoms with Gasteiger partial charge in [-0.25, -0.2) is 8.42 Å². The molecule has 0 saturated heterocycles. The first-order valence-electron chi connectivity index (χ1n) is 5.15. The first-order chi connectivity index (χ1) is 7.88. The van der Waals surface area contributed by atoms with Crippen LogP contribution >= 0.6 is 10.7 Å². The highest BCUT2D eigenvalue weighted by Crippen LogP contribution is 2.21. The van der Waals surface area contributed by atoms with Crippen molar-refractivity contribution >= 4 is 25.6 Å². The standard InChI is InChI=1S/C9H14ClN3O3S/c1-3-4-5-11-9(14)7-8(17(10,15)16)6(2)12-13-7/h3-5H2,1-2H3,(H,11,14)(H,12,13). The van der Waals surface area contributed by atoms with E-state index in [2.05, 4.69) is 15.5 Å². The van der Waals surface area contributed by atoms with E-state index in [4.69, 9.17) is 10.7 Å². The number of rotatable bonds is 5. The molecule has 0 aliphatic heterocycles. The van der Waals surface area contributed by atoms with E-state index in [1.54, 1.807) is 0 Å². The Morgan fingerprint density at radius 1 is 1.53 bits per heavy atom. The van der Waals surface area contributed by atoms with Crippen LogP contribution in [0.5, 0.6) is 0 Å². The van der Waals surface area contributed by atoms with Gasteiger partial charge in [-0.3, -0.25) is 9.89 Å². The zero-order valence-corrected chi connectivity index (χ0v) is 11.2. The number of carbonyl (C=O) groups excluding carboxylic acids is 1.